The second kappa shape index (κ2) is 7.36. The van der Waals surface area contributed by atoms with Gasteiger partial charge in [0, 0.05) is 30.9 Å². The first kappa shape index (κ1) is 17.5. The van der Waals surface area contributed by atoms with Crippen molar-refractivity contribution in [2.75, 3.05) is 45.3 Å². The van der Waals surface area contributed by atoms with E-state index in [4.69, 9.17) is 9.72 Å². The highest BCUT2D eigenvalue weighted by molar-refractivity contribution is 7.97. The summed E-state index contributed by atoms with van der Waals surface area (Å²) in [5, 5.41) is 3.32. The van der Waals surface area contributed by atoms with Crippen LogP contribution >= 0.6 is 23.3 Å². The maximum atomic E-state index is 12.9. The number of hydrogen-bond acceptors (Lipinski definition) is 8. The predicted octanol–water partition coefficient (Wildman–Crippen LogP) is 2.25. The van der Waals surface area contributed by atoms with Crippen molar-refractivity contribution < 1.29 is 4.74 Å². The summed E-state index contributed by atoms with van der Waals surface area (Å²) in [6.45, 7) is 2.98. The minimum atomic E-state index is -0.00691. The van der Waals surface area contributed by atoms with E-state index in [1.54, 1.807) is 6.20 Å². The maximum absolute atomic E-state index is 12.9. The van der Waals surface area contributed by atoms with Crippen LogP contribution in [0.15, 0.2) is 39.6 Å². The number of nitrogens with zero attached hydrogens (tertiary/aromatic N) is 5. The van der Waals surface area contributed by atoms with Crippen molar-refractivity contribution in [2.45, 2.75) is 4.90 Å². The quantitative estimate of drug-likeness (QED) is 0.634. The molecule has 0 atom stereocenters. The molecule has 0 bridgehead atoms. The summed E-state index contributed by atoms with van der Waals surface area (Å²) < 4.78 is 9.24. The Hall–Kier alpha value is -1.94. The summed E-state index contributed by atoms with van der Waals surface area (Å²) in [4.78, 5) is 25.0. The summed E-state index contributed by atoms with van der Waals surface area (Å²) in [7, 11) is 3.84. The highest BCUT2D eigenvalue weighted by Crippen LogP contribution is 2.25. The van der Waals surface area contributed by atoms with Gasteiger partial charge in [-0.05, 0) is 38.2 Å². The van der Waals surface area contributed by atoms with Gasteiger partial charge in [0.1, 0.15) is 5.82 Å². The predicted molar refractivity (Wildman–Crippen MR) is 106 cm³/mol. The Kier molecular flexibility index (Phi) is 4.94. The number of hydrogen-bond donors (Lipinski definition) is 0. The molecule has 4 rings (SSSR count). The molecular formula is C17H19N5O2S2. The van der Waals surface area contributed by atoms with Gasteiger partial charge in [0.2, 0.25) is 5.43 Å². The van der Waals surface area contributed by atoms with Crippen LogP contribution in [0.1, 0.15) is 0 Å². The zero-order valence-electron chi connectivity index (χ0n) is 14.6. The van der Waals surface area contributed by atoms with E-state index in [2.05, 4.69) is 9.88 Å². The van der Waals surface area contributed by atoms with Crippen molar-refractivity contribution in [3.63, 3.8) is 0 Å². The van der Waals surface area contributed by atoms with Gasteiger partial charge in [0.25, 0.3) is 0 Å². The molecule has 9 heteroatoms. The van der Waals surface area contributed by atoms with Gasteiger partial charge in [-0.15, -0.1) is 11.3 Å². The van der Waals surface area contributed by atoms with Gasteiger partial charge in [-0.2, -0.15) is 0 Å². The van der Waals surface area contributed by atoms with E-state index in [9.17, 15) is 4.79 Å². The fourth-order valence-electron chi connectivity index (χ4n) is 2.88. The summed E-state index contributed by atoms with van der Waals surface area (Å²) in [5.41, 5.74) is 0.629. The van der Waals surface area contributed by atoms with Gasteiger partial charge in [0.15, 0.2) is 10.8 Å². The van der Waals surface area contributed by atoms with Crippen LogP contribution < -0.4 is 10.3 Å². The third-order valence-corrected chi connectivity index (χ3v) is 5.67. The van der Waals surface area contributed by atoms with Crippen molar-refractivity contribution in [1.29, 1.82) is 0 Å². The van der Waals surface area contributed by atoms with Gasteiger partial charge in [-0.1, -0.05) is 0 Å². The fraction of sp³-hybridized carbons (Fsp3) is 0.353. The molecule has 26 heavy (non-hydrogen) atoms. The van der Waals surface area contributed by atoms with Crippen LogP contribution in [0.25, 0.3) is 16.2 Å². The second-order valence-electron chi connectivity index (χ2n) is 6.05. The zero-order chi connectivity index (χ0) is 18.1. The molecule has 0 saturated carbocycles. The Morgan fingerprint density at radius 2 is 2.08 bits per heavy atom. The Balaban J connectivity index is 1.90. The average molecular weight is 390 g/mol. The first-order valence-corrected chi connectivity index (χ1v) is 9.93. The SMILES string of the molecule is CN(C)Sc1cn(-c2nccs2)c2nc(N3CCOCC3)ccc2c1=O. The molecule has 1 saturated heterocycles. The maximum Gasteiger partial charge on any atom is 0.205 e. The molecule has 1 aliphatic heterocycles. The molecule has 3 aromatic heterocycles. The number of thiazole rings is 1. The minimum absolute atomic E-state index is 0.00691. The van der Waals surface area contributed by atoms with Crippen molar-refractivity contribution >= 4 is 40.1 Å². The first-order valence-electron chi connectivity index (χ1n) is 8.28. The highest BCUT2D eigenvalue weighted by Gasteiger charge is 2.18. The van der Waals surface area contributed by atoms with Gasteiger partial charge in [-0.25, -0.2) is 9.97 Å². The normalized spacial score (nSPS) is 15.1. The highest BCUT2D eigenvalue weighted by atomic mass is 32.2. The number of fused-ring (bicyclic) bond motifs is 1. The largest absolute Gasteiger partial charge is 0.378 e. The minimum Gasteiger partial charge on any atom is -0.378 e. The number of aromatic nitrogens is 3. The molecule has 136 valence electrons. The van der Waals surface area contributed by atoms with E-state index in [0.29, 0.717) is 29.1 Å². The Morgan fingerprint density at radius 3 is 2.77 bits per heavy atom. The summed E-state index contributed by atoms with van der Waals surface area (Å²) in [6, 6.07) is 3.80. The lowest BCUT2D eigenvalue weighted by Gasteiger charge is -2.28. The van der Waals surface area contributed by atoms with E-state index in [1.807, 2.05) is 46.7 Å². The molecule has 0 amide bonds. The summed E-state index contributed by atoms with van der Waals surface area (Å²) in [5.74, 6) is 0.860. The number of rotatable bonds is 4. The first-order chi connectivity index (χ1) is 12.6. The van der Waals surface area contributed by atoms with Gasteiger partial charge >= 0.3 is 0 Å². The molecule has 0 radical (unpaired) electrons. The Morgan fingerprint density at radius 1 is 1.27 bits per heavy atom. The van der Waals surface area contributed by atoms with Crippen LogP contribution in [-0.4, -0.2) is 59.2 Å². The number of pyridine rings is 2. The lowest BCUT2D eigenvalue weighted by Crippen LogP contribution is -2.36. The smallest absolute Gasteiger partial charge is 0.205 e. The van der Waals surface area contributed by atoms with Crippen LogP contribution in [0.2, 0.25) is 0 Å². The lowest BCUT2D eigenvalue weighted by atomic mass is 10.2. The van der Waals surface area contributed by atoms with Gasteiger partial charge in [-0.3, -0.25) is 13.7 Å². The second-order valence-corrected chi connectivity index (χ2v) is 8.28. The van der Waals surface area contributed by atoms with Gasteiger partial charge in [0.05, 0.1) is 23.5 Å². The molecule has 4 heterocycles. The van der Waals surface area contributed by atoms with Crippen LogP contribution in [0.4, 0.5) is 5.82 Å². The number of ether oxygens (including phenoxy) is 1. The Bertz CT molecular complexity index is 965. The van der Waals surface area contributed by atoms with Gasteiger partial charge < -0.3 is 9.64 Å². The zero-order valence-corrected chi connectivity index (χ0v) is 16.2. The summed E-state index contributed by atoms with van der Waals surface area (Å²) in [6.07, 6.45) is 3.60. The van der Waals surface area contributed by atoms with E-state index in [-0.39, 0.29) is 5.43 Å². The van der Waals surface area contributed by atoms with Crippen molar-refractivity contribution in [2.24, 2.45) is 0 Å². The van der Waals surface area contributed by atoms with Crippen LogP contribution in [0.5, 0.6) is 0 Å². The van der Waals surface area contributed by atoms with Crippen LogP contribution in [0.3, 0.4) is 0 Å². The number of morpholine rings is 1. The number of anilines is 1. The van der Waals surface area contributed by atoms with Crippen molar-refractivity contribution in [1.82, 2.24) is 18.8 Å². The third-order valence-electron chi connectivity index (χ3n) is 4.04. The van der Waals surface area contributed by atoms with Crippen molar-refractivity contribution in [3.05, 3.63) is 40.1 Å². The monoisotopic (exact) mass is 389 g/mol. The lowest BCUT2D eigenvalue weighted by molar-refractivity contribution is 0.122. The van der Waals surface area contributed by atoms with E-state index < -0.39 is 0 Å². The topological polar surface area (TPSA) is 63.5 Å². The van der Waals surface area contributed by atoms with E-state index >= 15 is 0 Å². The molecule has 0 spiro atoms. The average Bonchev–Trinajstić information content (AvgIpc) is 3.18. The third kappa shape index (κ3) is 3.35. The van der Waals surface area contributed by atoms with E-state index in [0.717, 1.165) is 24.0 Å². The Labute approximate surface area is 159 Å². The standard InChI is InChI=1S/C17H19N5O2S2/c1-20(2)26-13-11-22(17-18-5-10-25-17)16-12(15(13)23)3-4-14(19-16)21-6-8-24-9-7-21/h3-5,10-11H,6-9H2,1-2H3. The molecule has 0 N–H and O–H groups in total. The molecule has 0 aliphatic carbocycles. The fourth-order valence-corrected chi connectivity index (χ4v) is 4.24. The molecule has 0 unspecified atom stereocenters. The molecule has 0 aromatic carbocycles. The van der Waals surface area contributed by atoms with Crippen molar-refractivity contribution in [3.8, 4) is 5.13 Å². The molecule has 3 aromatic rings. The molecular weight excluding hydrogens is 370 g/mol. The molecule has 1 aliphatic rings. The summed E-state index contributed by atoms with van der Waals surface area (Å²) >= 11 is 2.92. The molecule has 1 fully saturated rings. The van der Waals surface area contributed by atoms with Crippen LogP contribution in [-0.2, 0) is 4.74 Å². The van der Waals surface area contributed by atoms with Crippen LogP contribution in [0, 0.1) is 0 Å². The molecule has 7 nitrogen and oxygen atoms in total. The van der Waals surface area contributed by atoms with E-state index in [1.165, 1.54) is 23.3 Å².